The molecule has 1 aromatic rings. The van der Waals surface area contributed by atoms with Gasteiger partial charge >= 0.3 is 0 Å². The summed E-state index contributed by atoms with van der Waals surface area (Å²) in [6, 6.07) is 6.03. The van der Waals surface area contributed by atoms with Gasteiger partial charge in [0.05, 0.1) is 0 Å². The number of nitrogens with one attached hydrogen (secondary N) is 1. The Morgan fingerprint density at radius 2 is 2.47 bits per heavy atom. The van der Waals surface area contributed by atoms with Crippen molar-refractivity contribution in [2.24, 2.45) is 5.92 Å². The summed E-state index contributed by atoms with van der Waals surface area (Å²) in [5.41, 5.74) is 0. The van der Waals surface area contributed by atoms with Crippen molar-refractivity contribution >= 4 is 21.7 Å². The van der Waals surface area contributed by atoms with Crippen molar-refractivity contribution in [1.82, 2.24) is 10.3 Å². The van der Waals surface area contributed by atoms with Crippen LogP contribution in [0.4, 0.5) is 5.82 Å². The maximum atomic E-state index is 4.44. The zero-order valence-corrected chi connectivity index (χ0v) is 10.5. The molecule has 1 atom stereocenters. The monoisotopic (exact) mass is 269 g/mol. The van der Waals surface area contributed by atoms with Crippen LogP contribution in [-0.4, -0.2) is 31.7 Å². The van der Waals surface area contributed by atoms with Crippen LogP contribution in [0, 0.1) is 5.92 Å². The highest BCUT2D eigenvalue weighted by molar-refractivity contribution is 9.10. The Bertz CT molecular complexity index is 323. The maximum absolute atomic E-state index is 4.44. The highest BCUT2D eigenvalue weighted by atomic mass is 79.9. The van der Waals surface area contributed by atoms with Crippen LogP contribution in [-0.2, 0) is 0 Å². The molecule has 3 nitrogen and oxygen atoms in total. The molecule has 0 aliphatic carbocycles. The van der Waals surface area contributed by atoms with E-state index in [9.17, 15) is 0 Å². The number of anilines is 1. The fourth-order valence-electron chi connectivity index (χ4n) is 1.96. The standard InChI is InChI=1S/C11H16BrN3/c1-15(8-9-5-6-13-7-9)11-4-2-3-10(12)14-11/h2-4,9,13H,5-8H2,1H3. The van der Waals surface area contributed by atoms with Crippen molar-refractivity contribution in [3.8, 4) is 0 Å². The molecular formula is C11H16BrN3. The van der Waals surface area contributed by atoms with Gasteiger partial charge in [-0.25, -0.2) is 4.98 Å². The first kappa shape index (κ1) is 10.9. The van der Waals surface area contributed by atoms with Gasteiger partial charge in [0, 0.05) is 13.6 Å². The van der Waals surface area contributed by atoms with Crippen LogP contribution in [0.3, 0.4) is 0 Å². The van der Waals surface area contributed by atoms with Crippen LogP contribution < -0.4 is 10.2 Å². The third-order valence-corrected chi connectivity index (χ3v) is 3.23. The lowest BCUT2D eigenvalue weighted by molar-refractivity contribution is 0.576. The summed E-state index contributed by atoms with van der Waals surface area (Å²) in [4.78, 5) is 6.66. The lowest BCUT2D eigenvalue weighted by atomic mass is 10.1. The highest BCUT2D eigenvalue weighted by Gasteiger charge is 2.16. The van der Waals surface area contributed by atoms with Crippen molar-refractivity contribution in [2.75, 3.05) is 31.6 Å². The molecule has 1 fully saturated rings. The second kappa shape index (κ2) is 4.94. The Labute approximate surface area is 99.0 Å². The summed E-state index contributed by atoms with van der Waals surface area (Å²) in [5, 5.41) is 3.38. The SMILES string of the molecule is CN(CC1CCNC1)c1cccc(Br)n1. The minimum atomic E-state index is 0.760. The first-order valence-electron chi connectivity index (χ1n) is 5.30. The second-order valence-electron chi connectivity index (χ2n) is 4.06. The number of nitrogens with zero attached hydrogens (tertiary/aromatic N) is 2. The van der Waals surface area contributed by atoms with Gasteiger partial charge in [0.1, 0.15) is 10.4 Å². The molecule has 0 bridgehead atoms. The first-order chi connectivity index (χ1) is 7.25. The summed E-state index contributed by atoms with van der Waals surface area (Å²) < 4.78 is 0.899. The smallest absolute Gasteiger partial charge is 0.129 e. The molecule has 1 aromatic heterocycles. The number of aromatic nitrogens is 1. The minimum Gasteiger partial charge on any atom is -0.359 e. The average Bonchev–Trinajstić information content (AvgIpc) is 2.70. The summed E-state index contributed by atoms with van der Waals surface area (Å²) in [6.45, 7) is 3.37. The topological polar surface area (TPSA) is 28.2 Å². The van der Waals surface area contributed by atoms with Crippen LogP contribution in [0.5, 0.6) is 0 Å². The Morgan fingerprint density at radius 1 is 1.60 bits per heavy atom. The summed E-state index contributed by atoms with van der Waals surface area (Å²) in [5.74, 6) is 1.80. The van der Waals surface area contributed by atoms with Gasteiger partial charge in [0.2, 0.25) is 0 Å². The van der Waals surface area contributed by atoms with Gasteiger partial charge in [-0.2, -0.15) is 0 Å². The molecule has 1 aliphatic heterocycles. The third-order valence-electron chi connectivity index (χ3n) is 2.79. The van der Waals surface area contributed by atoms with E-state index in [1.807, 2.05) is 18.2 Å². The molecule has 1 aliphatic rings. The van der Waals surface area contributed by atoms with E-state index in [0.717, 1.165) is 36.0 Å². The molecule has 2 heterocycles. The lowest BCUT2D eigenvalue weighted by Crippen LogP contribution is -2.27. The quantitative estimate of drug-likeness (QED) is 0.850. The summed E-state index contributed by atoms with van der Waals surface area (Å²) in [6.07, 6.45) is 1.28. The van der Waals surface area contributed by atoms with Crippen LogP contribution in [0.1, 0.15) is 6.42 Å². The van der Waals surface area contributed by atoms with Crippen LogP contribution in [0.2, 0.25) is 0 Å². The van der Waals surface area contributed by atoms with Gasteiger partial charge < -0.3 is 10.2 Å². The molecule has 0 saturated carbocycles. The Hall–Kier alpha value is -0.610. The van der Waals surface area contributed by atoms with Crippen LogP contribution in [0.15, 0.2) is 22.8 Å². The molecule has 1 N–H and O–H groups in total. The number of pyridine rings is 1. The van der Waals surface area contributed by atoms with E-state index in [-0.39, 0.29) is 0 Å². The largest absolute Gasteiger partial charge is 0.359 e. The van der Waals surface area contributed by atoms with Crippen molar-refractivity contribution in [3.05, 3.63) is 22.8 Å². The van der Waals surface area contributed by atoms with Gasteiger partial charge in [0.25, 0.3) is 0 Å². The molecule has 1 unspecified atom stereocenters. The number of hydrogen-bond donors (Lipinski definition) is 1. The zero-order valence-electron chi connectivity index (χ0n) is 8.91. The Kier molecular flexibility index (Phi) is 3.59. The van der Waals surface area contributed by atoms with Crippen molar-refractivity contribution in [3.63, 3.8) is 0 Å². The van der Waals surface area contributed by atoms with Gasteiger partial charge in [0.15, 0.2) is 0 Å². The lowest BCUT2D eigenvalue weighted by Gasteiger charge is -2.21. The molecule has 82 valence electrons. The zero-order chi connectivity index (χ0) is 10.7. The molecule has 15 heavy (non-hydrogen) atoms. The van der Waals surface area contributed by atoms with E-state index in [1.165, 1.54) is 6.42 Å². The Morgan fingerprint density at radius 3 is 3.13 bits per heavy atom. The van der Waals surface area contributed by atoms with Gasteiger partial charge in [-0.05, 0) is 53.5 Å². The molecule has 0 amide bonds. The fraction of sp³-hybridized carbons (Fsp3) is 0.545. The van der Waals surface area contributed by atoms with Crippen molar-refractivity contribution in [2.45, 2.75) is 6.42 Å². The van der Waals surface area contributed by atoms with Crippen LogP contribution >= 0.6 is 15.9 Å². The van der Waals surface area contributed by atoms with Gasteiger partial charge in [-0.15, -0.1) is 0 Å². The fourth-order valence-corrected chi connectivity index (χ4v) is 2.30. The predicted molar refractivity (Wildman–Crippen MR) is 66.2 cm³/mol. The van der Waals surface area contributed by atoms with E-state index >= 15 is 0 Å². The average molecular weight is 270 g/mol. The summed E-state index contributed by atoms with van der Waals surface area (Å²) >= 11 is 3.39. The number of hydrogen-bond acceptors (Lipinski definition) is 3. The maximum Gasteiger partial charge on any atom is 0.129 e. The highest BCUT2D eigenvalue weighted by Crippen LogP contribution is 2.16. The Balaban J connectivity index is 1.97. The van der Waals surface area contributed by atoms with E-state index in [0.29, 0.717) is 0 Å². The molecule has 0 aromatic carbocycles. The van der Waals surface area contributed by atoms with E-state index in [1.54, 1.807) is 0 Å². The molecule has 2 rings (SSSR count). The number of rotatable bonds is 3. The summed E-state index contributed by atoms with van der Waals surface area (Å²) in [7, 11) is 2.10. The molecular weight excluding hydrogens is 254 g/mol. The van der Waals surface area contributed by atoms with E-state index in [2.05, 4.69) is 38.2 Å². The normalized spacial score (nSPS) is 20.5. The van der Waals surface area contributed by atoms with E-state index in [4.69, 9.17) is 0 Å². The van der Waals surface area contributed by atoms with Crippen molar-refractivity contribution in [1.29, 1.82) is 0 Å². The first-order valence-corrected chi connectivity index (χ1v) is 6.09. The molecule has 4 heteroatoms. The minimum absolute atomic E-state index is 0.760. The molecule has 1 saturated heterocycles. The van der Waals surface area contributed by atoms with Crippen molar-refractivity contribution < 1.29 is 0 Å². The predicted octanol–water partition coefficient (Wildman–Crippen LogP) is 1.89. The molecule has 0 radical (unpaired) electrons. The van der Waals surface area contributed by atoms with E-state index < -0.39 is 0 Å². The second-order valence-corrected chi connectivity index (χ2v) is 4.87. The molecule has 0 spiro atoms. The third kappa shape index (κ3) is 2.92. The van der Waals surface area contributed by atoms with Gasteiger partial charge in [-0.3, -0.25) is 0 Å². The van der Waals surface area contributed by atoms with Gasteiger partial charge in [-0.1, -0.05) is 6.07 Å². The van der Waals surface area contributed by atoms with Crippen LogP contribution in [0.25, 0.3) is 0 Å². The number of halogens is 1.